The summed E-state index contributed by atoms with van der Waals surface area (Å²) in [6.07, 6.45) is 3.87. The second-order valence-electron chi connectivity index (χ2n) is 9.04. The molecular weight excluding hydrogens is 426 g/mol. The van der Waals surface area contributed by atoms with Crippen LogP contribution in [0.2, 0.25) is 0 Å². The number of benzene rings is 2. The molecule has 3 heterocycles. The molecule has 1 saturated heterocycles. The Balaban J connectivity index is 1.18. The molecule has 0 spiro atoms. The number of ether oxygens (including phenoxy) is 1. The van der Waals surface area contributed by atoms with Crippen molar-refractivity contribution in [2.45, 2.75) is 31.8 Å². The van der Waals surface area contributed by atoms with Crippen LogP contribution >= 0.6 is 0 Å². The second-order valence-corrected chi connectivity index (χ2v) is 9.04. The van der Waals surface area contributed by atoms with Gasteiger partial charge in [0.15, 0.2) is 0 Å². The molecule has 6 nitrogen and oxygen atoms in total. The van der Waals surface area contributed by atoms with Crippen molar-refractivity contribution in [1.82, 2.24) is 14.4 Å². The molecule has 1 unspecified atom stereocenters. The van der Waals surface area contributed by atoms with Gasteiger partial charge in [-0.05, 0) is 42.7 Å². The Morgan fingerprint density at radius 2 is 1.53 bits per heavy atom. The van der Waals surface area contributed by atoms with Crippen LogP contribution < -0.4 is 4.74 Å². The lowest BCUT2D eigenvalue weighted by Gasteiger charge is -2.41. The minimum absolute atomic E-state index is 0.0441. The van der Waals surface area contributed by atoms with Crippen LogP contribution in [0.25, 0.3) is 0 Å². The molecule has 0 N–H and O–H groups in total. The van der Waals surface area contributed by atoms with Crippen LogP contribution in [0, 0.1) is 5.92 Å². The van der Waals surface area contributed by atoms with Crippen molar-refractivity contribution in [3.63, 3.8) is 0 Å². The minimum Gasteiger partial charge on any atom is -0.493 e. The van der Waals surface area contributed by atoms with Crippen LogP contribution in [0.1, 0.15) is 36.6 Å². The van der Waals surface area contributed by atoms with Gasteiger partial charge < -0.3 is 19.1 Å². The predicted molar refractivity (Wildman–Crippen MR) is 130 cm³/mol. The average Bonchev–Trinajstić information content (AvgIpc) is 3.38. The zero-order valence-corrected chi connectivity index (χ0v) is 19.4. The standard InChI is InChI=1S/C28H31N3O3/c32-26(15-21-34-24-10-5-2-6-11-24)30-17-13-23(14-18-30)28(33)31-20-19-29-16-7-12-25(29)27(31)22-8-3-1-4-9-22/h1-12,16,23,27H,13-15,17-21H2. The van der Waals surface area contributed by atoms with Gasteiger partial charge in [0.05, 0.1) is 19.1 Å². The highest BCUT2D eigenvalue weighted by Crippen LogP contribution is 2.34. The van der Waals surface area contributed by atoms with E-state index in [0.29, 0.717) is 45.5 Å². The van der Waals surface area contributed by atoms with Gasteiger partial charge in [0.1, 0.15) is 5.75 Å². The maximum Gasteiger partial charge on any atom is 0.226 e. The van der Waals surface area contributed by atoms with Gasteiger partial charge >= 0.3 is 0 Å². The number of aromatic nitrogens is 1. The number of likely N-dealkylation sites (tertiary alicyclic amines) is 1. The van der Waals surface area contributed by atoms with Gasteiger partial charge in [-0.15, -0.1) is 0 Å². The first kappa shape index (κ1) is 22.3. The van der Waals surface area contributed by atoms with Crippen molar-refractivity contribution < 1.29 is 14.3 Å². The molecule has 0 radical (unpaired) electrons. The molecule has 0 aliphatic carbocycles. The van der Waals surface area contributed by atoms with E-state index in [0.717, 1.165) is 23.6 Å². The minimum atomic E-state index is -0.0627. The molecule has 1 atom stereocenters. The quantitative estimate of drug-likeness (QED) is 0.559. The Bertz CT molecular complexity index is 1100. The van der Waals surface area contributed by atoms with E-state index in [1.807, 2.05) is 53.4 Å². The topological polar surface area (TPSA) is 54.8 Å². The molecule has 5 rings (SSSR count). The summed E-state index contributed by atoms with van der Waals surface area (Å²) in [5, 5.41) is 0. The number of nitrogens with zero attached hydrogens (tertiary/aromatic N) is 3. The molecule has 2 amide bonds. The van der Waals surface area contributed by atoms with Crippen molar-refractivity contribution in [2.75, 3.05) is 26.2 Å². The Morgan fingerprint density at radius 1 is 0.824 bits per heavy atom. The van der Waals surface area contributed by atoms with Gasteiger partial charge in [-0.1, -0.05) is 48.5 Å². The summed E-state index contributed by atoms with van der Waals surface area (Å²) in [7, 11) is 0. The van der Waals surface area contributed by atoms with Gasteiger partial charge in [0, 0.05) is 44.0 Å². The third kappa shape index (κ3) is 4.72. The molecule has 6 heteroatoms. The maximum atomic E-state index is 13.7. The summed E-state index contributed by atoms with van der Waals surface area (Å²) in [4.78, 5) is 30.3. The summed E-state index contributed by atoms with van der Waals surface area (Å²) in [6, 6.07) is 24.0. The number of hydrogen-bond acceptors (Lipinski definition) is 3. The number of para-hydroxylation sites is 1. The third-order valence-corrected chi connectivity index (χ3v) is 6.96. The number of fused-ring (bicyclic) bond motifs is 1. The Labute approximate surface area is 200 Å². The molecular formula is C28H31N3O3. The molecule has 1 aromatic heterocycles. The van der Waals surface area contributed by atoms with Crippen molar-refractivity contribution in [2.24, 2.45) is 5.92 Å². The molecule has 176 valence electrons. The van der Waals surface area contributed by atoms with Crippen LogP contribution in [0.4, 0.5) is 0 Å². The van der Waals surface area contributed by atoms with E-state index in [-0.39, 0.29) is 23.8 Å². The number of hydrogen-bond donors (Lipinski definition) is 0. The van der Waals surface area contributed by atoms with Gasteiger partial charge in [-0.2, -0.15) is 0 Å². The van der Waals surface area contributed by atoms with E-state index in [1.54, 1.807) is 0 Å². The molecule has 34 heavy (non-hydrogen) atoms. The zero-order chi connectivity index (χ0) is 23.3. The van der Waals surface area contributed by atoms with Crippen LogP contribution in [0.3, 0.4) is 0 Å². The average molecular weight is 458 g/mol. The highest BCUT2D eigenvalue weighted by Gasteiger charge is 2.37. The molecule has 2 aliphatic heterocycles. The predicted octanol–water partition coefficient (Wildman–Crippen LogP) is 4.13. The van der Waals surface area contributed by atoms with E-state index in [1.165, 1.54) is 0 Å². The lowest BCUT2D eigenvalue weighted by atomic mass is 9.92. The molecule has 2 aromatic carbocycles. The normalized spacial score (nSPS) is 18.4. The summed E-state index contributed by atoms with van der Waals surface area (Å²) in [5.41, 5.74) is 2.30. The van der Waals surface area contributed by atoms with Gasteiger partial charge in [0.2, 0.25) is 11.8 Å². The molecule has 0 bridgehead atoms. The van der Waals surface area contributed by atoms with Gasteiger partial charge in [0.25, 0.3) is 0 Å². The Hall–Kier alpha value is -3.54. The van der Waals surface area contributed by atoms with E-state index in [2.05, 4.69) is 39.9 Å². The monoisotopic (exact) mass is 457 g/mol. The summed E-state index contributed by atoms with van der Waals surface area (Å²) < 4.78 is 7.92. The van der Waals surface area contributed by atoms with E-state index in [9.17, 15) is 9.59 Å². The number of carbonyl (C=O) groups is 2. The smallest absolute Gasteiger partial charge is 0.226 e. The Kier molecular flexibility index (Phi) is 6.65. The molecule has 1 fully saturated rings. The van der Waals surface area contributed by atoms with Gasteiger partial charge in [-0.25, -0.2) is 0 Å². The van der Waals surface area contributed by atoms with E-state index in [4.69, 9.17) is 4.74 Å². The molecule has 2 aliphatic rings. The summed E-state index contributed by atoms with van der Waals surface area (Å²) in [5.74, 6) is 1.04. The van der Waals surface area contributed by atoms with Crippen molar-refractivity contribution in [3.8, 4) is 5.75 Å². The lowest BCUT2D eigenvalue weighted by Crippen LogP contribution is -2.48. The SMILES string of the molecule is O=C(CCOc1ccccc1)N1CCC(C(=O)N2CCn3cccc3C2c2ccccc2)CC1. The summed E-state index contributed by atoms with van der Waals surface area (Å²) >= 11 is 0. The second kappa shape index (κ2) is 10.2. The number of rotatable bonds is 6. The fourth-order valence-electron chi connectivity index (χ4n) is 5.15. The largest absolute Gasteiger partial charge is 0.493 e. The fraction of sp³-hybridized carbons (Fsp3) is 0.357. The molecule has 0 saturated carbocycles. The summed E-state index contributed by atoms with van der Waals surface area (Å²) in [6.45, 7) is 3.14. The van der Waals surface area contributed by atoms with Crippen LogP contribution in [-0.2, 0) is 16.1 Å². The number of piperidine rings is 1. The first-order chi connectivity index (χ1) is 16.7. The number of carbonyl (C=O) groups excluding carboxylic acids is 2. The number of amides is 2. The van der Waals surface area contributed by atoms with E-state index >= 15 is 0 Å². The highest BCUT2D eigenvalue weighted by molar-refractivity contribution is 5.81. The van der Waals surface area contributed by atoms with E-state index < -0.39 is 0 Å². The van der Waals surface area contributed by atoms with Crippen molar-refractivity contribution >= 4 is 11.8 Å². The van der Waals surface area contributed by atoms with Crippen LogP contribution in [0.5, 0.6) is 5.75 Å². The third-order valence-electron chi connectivity index (χ3n) is 6.96. The first-order valence-electron chi connectivity index (χ1n) is 12.2. The lowest BCUT2D eigenvalue weighted by molar-refractivity contribution is -0.143. The van der Waals surface area contributed by atoms with Crippen molar-refractivity contribution in [1.29, 1.82) is 0 Å². The van der Waals surface area contributed by atoms with Crippen LogP contribution in [0.15, 0.2) is 79.0 Å². The first-order valence-corrected chi connectivity index (χ1v) is 12.2. The Morgan fingerprint density at radius 3 is 2.26 bits per heavy atom. The fourth-order valence-corrected chi connectivity index (χ4v) is 5.15. The van der Waals surface area contributed by atoms with Crippen molar-refractivity contribution in [3.05, 3.63) is 90.3 Å². The maximum absolute atomic E-state index is 13.7. The molecule has 3 aromatic rings. The van der Waals surface area contributed by atoms with Gasteiger partial charge in [-0.3, -0.25) is 9.59 Å². The highest BCUT2D eigenvalue weighted by atomic mass is 16.5. The zero-order valence-electron chi connectivity index (χ0n) is 19.4. The van der Waals surface area contributed by atoms with Crippen LogP contribution in [-0.4, -0.2) is 52.4 Å².